The normalized spacial score (nSPS) is 11.9. The number of carbonyl (C=O) groups is 1. The standard InChI is InChI=1S/C24H19NO3S/c1-16(2)18-12-13-19-15-22(28-21(19)14-18)24(26)25-29(27)23-11-7-6-10-20(23)17-8-4-3-5-9-17/h3-15H,1H2,2H3,(H,25,26). The van der Waals surface area contributed by atoms with Gasteiger partial charge in [0, 0.05) is 10.9 Å². The van der Waals surface area contributed by atoms with Crippen LogP contribution in [0.1, 0.15) is 23.0 Å². The van der Waals surface area contributed by atoms with Crippen molar-refractivity contribution in [3.8, 4) is 11.1 Å². The molecule has 0 spiro atoms. The van der Waals surface area contributed by atoms with Gasteiger partial charge < -0.3 is 8.97 Å². The molecular formula is C24H19NO3S. The summed E-state index contributed by atoms with van der Waals surface area (Å²) in [7, 11) is 0. The molecule has 29 heavy (non-hydrogen) atoms. The molecular weight excluding hydrogens is 382 g/mol. The van der Waals surface area contributed by atoms with Crippen molar-refractivity contribution in [2.75, 3.05) is 0 Å². The van der Waals surface area contributed by atoms with Crippen molar-refractivity contribution in [2.45, 2.75) is 11.8 Å². The first-order valence-corrected chi connectivity index (χ1v) is 10.2. The van der Waals surface area contributed by atoms with E-state index < -0.39 is 17.3 Å². The lowest BCUT2D eigenvalue weighted by atomic mass is 10.1. The molecule has 3 aromatic carbocycles. The number of hydrogen-bond donors (Lipinski definition) is 1. The fourth-order valence-electron chi connectivity index (χ4n) is 3.08. The van der Waals surface area contributed by atoms with Gasteiger partial charge in [0.15, 0.2) is 10.7 Å². The van der Waals surface area contributed by atoms with Gasteiger partial charge in [0.2, 0.25) is 0 Å². The summed E-state index contributed by atoms with van der Waals surface area (Å²) in [5, 5.41) is 0.801. The smallest absolute Gasteiger partial charge is 0.328 e. The number of carbonyl (C=O) groups excluding carboxylic acids is 1. The van der Waals surface area contributed by atoms with Crippen molar-refractivity contribution in [3.05, 3.63) is 96.8 Å². The number of benzene rings is 3. The second-order valence-electron chi connectivity index (χ2n) is 6.71. The van der Waals surface area contributed by atoms with E-state index in [1.165, 1.54) is 0 Å². The van der Waals surface area contributed by atoms with Gasteiger partial charge >= 0.3 is 5.91 Å². The molecule has 0 saturated heterocycles. The molecule has 0 aliphatic rings. The van der Waals surface area contributed by atoms with E-state index in [0.29, 0.717) is 10.5 Å². The lowest BCUT2D eigenvalue weighted by Crippen LogP contribution is -2.30. The largest absolute Gasteiger partial charge is 0.588 e. The molecule has 4 aromatic rings. The molecule has 4 rings (SSSR count). The fourth-order valence-corrected chi connectivity index (χ4v) is 4.05. The topological polar surface area (TPSA) is 65.3 Å². The summed E-state index contributed by atoms with van der Waals surface area (Å²) in [6, 6.07) is 24.2. The highest BCUT2D eigenvalue weighted by Crippen LogP contribution is 2.28. The molecule has 1 unspecified atom stereocenters. The van der Waals surface area contributed by atoms with Crippen LogP contribution in [0.15, 0.2) is 94.8 Å². The number of rotatable bonds is 5. The van der Waals surface area contributed by atoms with E-state index >= 15 is 0 Å². The van der Waals surface area contributed by atoms with Crippen molar-refractivity contribution >= 4 is 33.8 Å². The van der Waals surface area contributed by atoms with E-state index in [2.05, 4.69) is 11.3 Å². The quantitative estimate of drug-likeness (QED) is 0.444. The van der Waals surface area contributed by atoms with E-state index in [1.807, 2.05) is 67.6 Å². The van der Waals surface area contributed by atoms with Crippen LogP contribution in [-0.2, 0) is 11.4 Å². The minimum atomic E-state index is -1.73. The third kappa shape index (κ3) is 3.97. The van der Waals surface area contributed by atoms with Crippen molar-refractivity contribution in [2.24, 2.45) is 0 Å². The van der Waals surface area contributed by atoms with Crippen LogP contribution in [0.4, 0.5) is 0 Å². The summed E-state index contributed by atoms with van der Waals surface area (Å²) in [5.74, 6) is -0.413. The zero-order valence-corrected chi connectivity index (χ0v) is 16.7. The second kappa shape index (κ2) is 7.99. The number of amides is 1. The van der Waals surface area contributed by atoms with Crippen LogP contribution < -0.4 is 4.72 Å². The van der Waals surface area contributed by atoms with Gasteiger partial charge in [-0.2, -0.15) is 4.72 Å². The van der Waals surface area contributed by atoms with Gasteiger partial charge in [-0.15, -0.1) is 0 Å². The predicted octanol–water partition coefficient (Wildman–Crippen LogP) is 5.59. The summed E-state index contributed by atoms with van der Waals surface area (Å²) in [6.45, 7) is 5.83. The lowest BCUT2D eigenvalue weighted by Gasteiger charge is -2.13. The molecule has 0 aliphatic carbocycles. The Morgan fingerprint density at radius 1 is 1.00 bits per heavy atom. The lowest BCUT2D eigenvalue weighted by molar-refractivity contribution is 0.0956. The molecule has 0 saturated carbocycles. The van der Waals surface area contributed by atoms with Crippen molar-refractivity contribution in [1.29, 1.82) is 0 Å². The Hall–Kier alpha value is -3.28. The van der Waals surface area contributed by atoms with Crippen LogP contribution in [0.25, 0.3) is 27.7 Å². The highest BCUT2D eigenvalue weighted by molar-refractivity contribution is 7.90. The molecule has 1 atom stereocenters. The average Bonchev–Trinajstić information content (AvgIpc) is 3.18. The first kappa shape index (κ1) is 19.1. The highest BCUT2D eigenvalue weighted by atomic mass is 32.2. The molecule has 144 valence electrons. The number of furan rings is 1. The van der Waals surface area contributed by atoms with Gasteiger partial charge in [0.1, 0.15) is 16.9 Å². The van der Waals surface area contributed by atoms with Crippen molar-refractivity contribution in [1.82, 2.24) is 4.72 Å². The summed E-state index contributed by atoms with van der Waals surface area (Å²) in [5.41, 5.74) is 4.18. The van der Waals surface area contributed by atoms with Crippen LogP contribution in [0.2, 0.25) is 0 Å². The summed E-state index contributed by atoms with van der Waals surface area (Å²) in [4.78, 5) is 13.2. The van der Waals surface area contributed by atoms with Gasteiger partial charge in [-0.1, -0.05) is 66.7 Å². The first-order valence-electron chi connectivity index (χ1n) is 9.09. The van der Waals surface area contributed by atoms with Gasteiger partial charge in [-0.25, -0.2) is 0 Å². The molecule has 1 amide bonds. The van der Waals surface area contributed by atoms with E-state index in [0.717, 1.165) is 27.6 Å². The summed E-state index contributed by atoms with van der Waals surface area (Å²) < 4.78 is 21.1. The Balaban J connectivity index is 1.59. The maximum atomic E-state index is 12.9. The van der Waals surface area contributed by atoms with Gasteiger partial charge in [-0.3, -0.25) is 4.79 Å². The van der Waals surface area contributed by atoms with Gasteiger partial charge in [-0.05, 0) is 42.3 Å². The molecule has 0 fully saturated rings. The van der Waals surface area contributed by atoms with E-state index in [9.17, 15) is 9.35 Å². The van der Waals surface area contributed by atoms with Gasteiger partial charge in [0.25, 0.3) is 0 Å². The van der Waals surface area contributed by atoms with Crippen LogP contribution >= 0.6 is 0 Å². The van der Waals surface area contributed by atoms with Crippen LogP contribution in [0.5, 0.6) is 0 Å². The SMILES string of the molecule is C=C(C)c1ccc2cc(C(=O)N[S+]([O-])c3ccccc3-c3ccccc3)oc2c1. The van der Waals surface area contributed by atoms with Crippen LogP contribution in [-0.4, -0.2) is 10.5 Å². The third-order valence-electron chi connectivity index (χ3n) is 4.59. The second-order valence-corrected chi connectivity index (χ2v) is 7.89. The third-order valence-corrected chi connectivity index (χ3v) is 5.72. The Labute approximate surface area is 172 Å². The number of nitrogens with one attached hydrogen (secondary N) is 1. The zero-order valence-electron chi connectivity index (χ0n) is 15.8. The molecule has 1 heterocycles. The Morgan fingerprint density at radius 2 is 1.72 bits per heavy atom. The van der Waals surface area contributed by atoms with E-state index in [-0.39, 0.29) is 5.76 Å². The molecule has 4 nitrogen and oxygen atoms in total. The maximum absolute atomic E-state index is 12.9. The number of hydrogen-bond acceptors (Lipinski definition) is 3. The van der Waals surface area contributed by atoms with Crippen molar-refractivity contribution in [3.63, 3.8) is 0 Å². The maximum Gasteiger partial charge on any atom is 0.328 e. The Kier molecular flexibility index (Phi) is 5.25. The molecule has 1 N–H and O–H groups in total. The highest BCUT2D eigenvalue weighted by Gasteiger charge is 2.23. The molecule has 1 aromatic heterocycles. The van der Waals surface area contributed by atoms with Crippen LogP contribution in [0, 0.1) is 0 Å². The minimum absolute atomic E-state index is 0.115. The Bertz CT molecular complexity index is 1200. The predicted molar refractivity (Wildman–Crippen MR) is 117 cm³/mol. The van der Waals surface area contributed by atoms with E-state index in [4.69, 9.17) is 4.42 Å². The van der Waals surface area contributed by atoms with Gasteiger partial charge in [0.05, 0.1) is 0 Å². The fraction of sp³-hybridized carbons (Fsp3) is 0.0417. The minimum Gasteiger partial charge on any atom is -0.588 e. The first-order chi connectivity index (χ1) is 14.0. The molecule has 0 radical (unpaired) electrons. The number of fused-ring (bicyclic) bond motifs is 1. The van der Waals surface area contributed by atoms with Crippen molar-refractivity contribution < 1.29 is 13.8 Å². The number of allylic oxidation sites excluding steroid dienone is 1. The zero-order chi connectivity index (χ0) is 20.4. The summed E-state index contributed by atoms with van der Waals surface area (Å²) >= 11 is -1.73. The molecule has 5 heteroatoms. The molecule has 0 aliphatic heterocycles. The Morgan fingerprint density at radius 3 is 2.48 bits per heavy atom. The van der Waals surface area contributed by atoms with Crippen LogP contribution in [0.3, 0.4) is 0 Å². The monoisotopic (exact) mass is 401 g/mol. The summed E-state index contributed by atoms with van der Waals surface area (Å²) in [6.07, 6.45) is 0. The van der Waals surface area contributed by atoms with E-state index in [1.54, 1.807) is 18.2 Å². The molecule has 0 bridgehead atoms. The average molecular weight is 401 g/mol.